The smallest absolute Gasteiger partial charge is 0.116 e. The predicted octanol–water partition coefficient (Wildman–Crippen LogP) is 1.84. The van der Waals surface area contributed by atoms with Crippen molar-refractivity contribution >= 4 is 10.0 Å². The largest absolute Gasteiger partial charge is 0.242 e. The van der Waals surface area contributed by atoms with Crippen molar-refractivity contribution in [3.63, 3.8) is 0 Å². The van der Waals surface area contributed by atoms with Crippen molar-refractivity contribution in [1.29, 1.82) is 0 Å². The van der Waals surface area contributed by atoms with Crippen LogP contribution in [0, 0.1) is 6.92 Å². The number of hydrogen-bond acceptors (Lipinski definition) is 2. The Labute approximate surface area is 69.4 Å². The van der Waals surface area contributed by atoms with Gasteiger partial charge in [-0.1, -0.05) is 0 Å². The van der Waals surface area contributed by atoms with Crippen LogP contribution in [0.2, 0.25) is 0 Å². The average molecular weight is 170 g/mol. The molecule has 0 aliphatic rings. The summed E-state index contributed by atoms with van der Waals surface area (Å²) in [6.45, 7) is 2.00. The van der Waals surface area contributed by atoms with Crippen LogP contribution in [0.5, 0.6) is 0 Å². The number of aromatic nitrogens is 2. The maximum absolute atomic E-state index is 4.24. The molecule has 0 unspecified atom stereocenters. The molecule has 0 bridgehead atoms. The molecule has 1 heterocycles. The Balaban J connectivity index is 3.06. The first kappa shape index (κ1) is 8.53. The minimum absolute atomic E-state index is 0.676. The van der Waals surface area contributed by atoms with E-state index in [1.54, 1.807) is 6.33 Å². The highest BCUT2D eigenvalue weighted by molar-refractivity contribution is 8.32. The molecule has 3 heteroatoms. The lowest BCUT2D eigenvalue weighted by atomic mass is 10.5. The molecule has 1 rings (SSSR count). The van der Waals surface area contributed by atoms with Gasteiger partial charge in [0.1, 0.15) is 6.33 Å². The van der Waals surface area contributed by atoms with Crippen molar-refractivity contribution < 1.29 is 0 Å². The van der Waals surface area contributed by atoms with Gasteiger partial charge in [0, 0.05) is 5.69 Å². The zero-order valence-corrected chi connectivity index (χ0v) is 8.27. The fourth-order valence-electron chi connectivity index (χ4n) is 0.765. The van der Waals surface area contributed by atoms with Crippen molar-refractivity contribution in [3.05, 3.63) is 18.1 Å². The molecule has 0 aliphatic heterocycles. The molecule has 0 amide bonds. The topological polar surface area (TPSA) is 25.8 Å². The van der Waals surface area contributed by atoms with E-state index in [1.165, 1.54) is 5.03 Å². The zero-order valence-electron chi connectivity index (χ0n) is 7.46. The third kappa shape index (κ3) is 2.19. The second kappa shape index (κ2) is 2.81. The van der Waals surface area contributed by atoms with E-state index in [-0.39, 0.29) is 0 Å². The second-order valence-electron chi connectivity index (χ2n) is 3.33. The summed E-state index contributed by atoms with van der Waals surface area (Å²) < 4.78 is 0. The van der Waals surface area contributed by atoms with Crippen molar-refractivity contribution in [2.24, 2.45) is 0 Å². The summed E-state index contributed by atoms with van der Waals surface area (Å²) in [7, 11) is -0.676. The van der Waals surface area contributed by atoms with Crippen molar-refractivity contribution in [2.75, 3.05) is 18.8 Å². The van der Waals surface area contributed by atoms with Crippen LogP contribution >= 0.6 is 10.0 Å². The van der Waals surface area contributed by atoms with Gasteiger partial charge in [0.25, 0.3) is 0 Å². The lowest BCUT2D eigenvalue weighted by Crippen LogP contribution is -1.97. The van der Waals surface area contributed by atoms with Crippen LogP contribution in [0.25, 0.3) is 0 Å². The highest BCUT2D eigenvalue weighted by Gasteiger charge is 2.08. The van der Waals surface area contributed by atoms with Crippen LogP contribution in [0.15, 0.2) is 17.4 Å². The zero-order chi connectivity index (χ0) is 8.48. The molecule has 0 saturated heterocycles. The first-order valence-corrected chi connectivity index (χ1v) is 6.33. The van der Waals surface area contributed by atoms with Gasteiger partial charge in [-0.15, -0.1) is 0 Å². The normalized spacial score (nSPS) is 13.1. The monoisotopic (exact) mass is 170 g/mol. The van der Waals surface area contributed by atoms with Gasteiger partial charge in [-0.2, -0.15) is 0 Å². The summed E-state index contributed by atoms with van der Waals surface area (Å²) in [5.41, 5.74) is 1.05. The van der Waals surface area contributed by atoms with Gasteiger partial charge in [0.2, 0.25) is 0 Å². The van der Waals surface area contributed by atoms with Gasteiger partial charge in [0.05, 0.1) is 5.03 Å². The summed E-state index contributed by atoms with van der Waals surface area (Å²) >= 11 is 0. The number of nitrogens with zero attached hydrogens (tertiary/aromatic N) is 2. The van der Waals surface area contributed by atoms with Crippen LogP contribution in [0.3, 0.4) is 0 Å². The van der Waals surface area contributed by atoms with Crippen molar-refractivity contribution in [3.8, 4) is 0 Å². The van der Waals surface area contributed by atoms with Gasteiger partial charge in [-0.25, -0.2) is 20.0 Å². The minimum Gasteiger partial charge on any atom is -0.242 e. The summed E-state index contributed by atoms with van der Waals surface area (Å²) in [5, 5.41) is 1.19. The molecule has 0 aliphatic carbocycles. The Morgan fingerprint density at radius 2 is 1.82 bits per heavy atom. The van der Waals surface area contributed by atoms with Gasteiger partial charge < -0.3 is 0 Å². The van der Waals surface area contributed by atoms with Crippen LogP contribution in [-0.4, -0.2) is 28.7 Å². The van der Waals surface area contributed by atoms with Gasteiger partial charge in [-0.3, -0.25) is 0 Å². The first-order chi connectivity index (χ1) is 5.00. The molecule has 0 fully saturated rings. The Morgan fingerprint density at radius 1 is 1.18 bits per heavy atom. The quantitative estimate of drug-likeness (QED) is 0.601. The Hall–Kier alpha value is -0.570. The fourth-order valence-corrected chi connectivity index (χ4v) is 1.65. The highest BCUT2D eigenvalue weighted by Crippen LogP contribution is 2.43. The Kier molecular flexibility index (Phi) is 2.18. The first-order valence-electron chi connectivity index (χ1n) is 3.47. The molecule has 0 N–H and O–H groups in total. The van der Waals surface area contributed by atoms with E-state index in [0.29, 0.717) is 0 Å². The standard InChI is InChI=1S/C8H14N2S/c1-7-5-8(10-6-9-7)11(2,3)4/h5-6H,1-4H3. The van der Waals surface area contributed by atoms with Crippen LogP contribution in [0.4, 0.5) is 0 Å². The van der Waals surface area contributed by atoms with E-state index in [0.717, 1.165) is 5.69 Å². The molecule has 11 heavy (non-hydrogen) atoms. The lowest BCUT2D eigenvalue weighted by molar-refractivity contribution is 1.00. The third-order valence-corrected chi connectivity index (χ3v) is 2.88. The molecule has 0 spiro atoms. The third-order valence-electron chi connectivity index (χ3n) is 1.41. The molecule has 1 aromatic heterocycles. The van der Waals surface area contributed by atoms with Crippen molar-refractivity contribution in [1.82, 2.24) is 9.97 Å². The Morgan fingerprint density at radius 3 is 2.18 bits per heavy atom. The molecular weight excluding hydrogens is 156 g/mol. The summed E-state index contributed by atoms with van der Waals surface area (Å²) in [6, 6.07) is 2.06. The summed E-state index contributed by atoms with van der Waals surface area (Å²) in [5.74, 6) is 0. The molecule has 2 nitrogen and oxygen atoms in total. The van der Waals surface area contributed by atoms with E-state index in [4.69, 9.17) is 0 Å². The molecular formula is C8H14N2S. The van der Waals surface area contributed by atoms with E-state index < -0.39 is 10.0 Å². The maximum Gasteiger partial charge on any atom is 0.116 e. The van der Waals surface area contributed by atoms with Crippen molar-refractivity contribution in [2.45, 2.75) is 11.9 Å². The molecule has 0 aromatic carbocycles. The van der Waals surface area contributed by atoms with E-state index >= 15 is 0 Å². The Bertz CT molecular complexity index is 253. The second-order valence-corrected chi connectivity index (χ2v) is 7.43. The SMILES string of the molecule is Cc1cc(S(C)(C)C)ncn1. The van der Waals surface area contributed by atoms with Gasteiger partial charge in [0.15, 0.2) is 0 Å². The van der Waals surface area contributed by atoms with Gasteiger partial charge >= 0.3 is 0 Å². The summed E-state index contributed by atoms with van der Waals surface area (Å²) in [4.78, 5) is 8.29. The average Bonchev–Trinajstić information content (AvgIpc) is 1.86. The van der Waals surface area contributed by atoms with Crippen LogP contribution in [-0.2, 0) is 0 Å². The number of aryl methyl sites for hydroxylation is 1. The minimum atomic E-state index is -0.676. The molecule has 0 saturated carbocycles. The lowest BCUT2D eigenvalue weighted by Gasteiger charge is -2.23. The number of hydrogen-bond donors (Lipinski definition) is 0. The van der Waals surface area contributed by atoms with E-state index in [2.05, 4.69) is 34.8 Å². The molecule has 0 atom stereocenters. The van der Waals surface area contributed by atoms with Crippen LogP contribution < -0.4 is 0 Å². The molecule has 1 aromatic rings. The predicted molar refractivity (Wildman–Crippen MR) is 50.4 cm³/mol. The number of rotatable bonds is 1. The van der Waals surface area contributed by atoms with Crippen LogP contribution in [0.1, 0.15) is 5.69 Å². The highest BCUT2D eigenvalue weighted by atomic mass is 32.3. The van der Waals surface area contributed by atoms with Gasteiger partial charge in [-0.05, 0) is 31.8 Å². The maximum atomic E-state index is 4.24. The van der Waals surface area contributed by atoms with E-state index in [1.807, 2.05) is 6.92 Å². The van der Waals surface area contributed by atoms with E-state index in [9.17, 15) is 0 Å². The molecule has 62 valence electrons. The molecule has 0 radical (unpaired) electrons. The summed E-state index contributed by atoms with van der Waals surface area (Å²) in [6.07, 6.45) is 8.33. The fraction of sp³-hybridized carbons (Fsp3) is 0.500.